The minimum atomic E-state index is 0.00961. The van der Waals surface area contributed by atoms with Gasteiger partial charge in [-0.25, -0.2) is 4.98 Å². The molecule has 0 bridgehead atoms. The summed E-state index contributed by atoms with van der Waals surface area (Å²) in [6.45, 7) is 1.39. The van der Waals surface area contributed by atoms with Crippen molar-refractivity contribution in [2.24, 2.45) is 0 Å². The van der Waals surface area contributed by atoms with E-state index in [1.54, 1.807) is 24.3 Å². The Morgan fingerprint density at radius 2 is 1.89 bits per heavy atom. The Bertz CT molecular complexity index is 987. The van der Waals surface area contributed by atoms with Gasteiger partial charge in [0.2, 0.25) is 5.91 Å². The third-order valence-corrected chi connectivity index (χ3v) is 4.92. The summed E-state index contributed by atoms with van der Waals surface area (Å²) in [4.78, 5) is 18.9. The Balaban J connectivity index is 1.36. The minimum Gasteiger partial charge on any atom is -0.440 e. The molecule has 1 amide bonds. The fourth-order valence-electron chi connectivity index (χ4n) is 3.35. The molecule has 1 aliphatic heterocycles. The van der Waals surface area contributed by atoms with Crippen LogP contribution in [0.4, 0.5) is 0 Å². The van der Waals surface area contributed by atoms with Gasteiger partial charge in [-0.2, -0.15) is 5.26 Å². The van der Waals surface area contributed by atoms with Gasteiger partial charge < -0.3 is 9.32 Å². The van der Waals surface area contributed by atoms with E-state index in [2.05, 4.69) is 11.1 Å². The maximum atomic E-state index is 12.4. The van der Waals surface area contributed by atoms with Gasteiger partial charge in [0.25, 0.3) is 0 Å². The van der Waals surface area contributed by atoms with Crippen molar-refractivity contribution < 1.29 is 9.21 Å². The summed E-state index contributed by atoms with van der Waals surface area (Å²) in [7, 11) is 0. The molecule has 2 heterocycles. The van der Waals surface area contributed by atoms with E-state index in [1.165, 1.54) is 0 Å². The molecule has 5 heteroatoms. The number of carbonyl (C=O) groups excluding carboxylic acids is 1. The van der Waals surface area contributed by atoms with E-state index in [1.807, 2.05) is 41.3 Å². The Morgan fingerprint density at radius 3 is 2.59 bits per heavy atom. The molecule has 0 unspecified atom stereocenters. The summed E-state index contributed by atoms with van der Waals surface area (Å²) < 4.78 is 5.88. The van der Waals surface area contributed by atoms with Crippen molar-refractivity contribution in [3.05, 3.63) is 71.6 Å². The Labute approximate surface area is 157 Å². The number of benzene rings is 2. The number of oxazole rings is 1. The Hall–Kier alpha value is -3.39. The highest BCUT2D eigenvalue weighted by Gasteiger charge is 2.26. The molecule has 1 fully saturated rings. The van der Waals surface area contributed by atoms with Crippen LogP contribution in [0.5, 0.6) is 0 Å². The summed E-state index contributed by atoms with van der Waals surface area (Å²) in [6.07, 6.45) is 5.09. The number of hydrogen-bond donors (Lipinski definition) is 0. The first kappa shape index (κ1) is 17.0. The van der Waals surface area contributed by atoms with Crippen LogP contribution in [0.3, 0.4) is 0 Å². The van der Waals surface area contributed by atoms with E-state index in [4.69, 9.17) is 9.68 Å². The van der Waals surface area contributed by atoms with Crippen molar-refractivity contribution in [3.63, 3.8) is 0 Å². The lowest BCUT2D eigenvalue weighted by Crippen LogP contribution is -2.36. The second-order valence-corrected chi connectivity index (χ2v) is 6.69. The largest absolute Gasteiger partial charge is 0.440 e. The predicted octanol–water partition coefficient (Wildman–Crippen LogP) is 4.12. The number of nitrogens with zero attached hydrogens (tertiary/aromatic N) is 3. The van der Waals surface area contributed by atoms with Crippen LogP contribution < -0.4 is 0 Å². The van der Waals surface area contributed by atoms with Crippen LogP contribution in [0.15, 0.2) is 59.0 Å². The molecule has 0 atom stereocenters. The number of hydrogen-bond acceptors (Lipinski definition) is 4. The minimum absolute atomic E-state index is 0.00961. The van der Waals surface area contributed by atoms with E-state index < -0.39 is 0 Å². The second-order valence-electron chi connectivity index (χ2n) is 6.69. The van der Waals surface area contributed by atoms with Gasteiger partial charge in [0.1, 0.15) is 5.52 Å². The number of amides is 1. The van der Waals surface area contributed by atoms with Gasteiger partial charge in [0.05, 0.1) is 11.6 Å². The molecule has 4 rings (SSSR count). The first-order valence-corrected chi connectivity index (χ1v) is 9.05. The monoisotopic (exact) mass is 357 g/mol. The van der Waals surface area contributed by atoms with Crippen LogP contribution in [0, 0.1) is 11.3 Å². The molecular formula is C22H19N3O2. The Kier molecular flexibility index (Phi) is 4.71. The lowest BCUT2D eigenvalue weighted by Gasteiger charge is -2.29. The topological polar surface area (TPSA) is 70.1 Å². The van der Waals surface area contributed by atoms with Crippen LogP contribution in [0.2, 0.25) is 0 Å². The number of aromatic nitrogens is 1. The molecule has 1 aromatic heterocycles. The van der Waals surface area contributed by atoms with Crippen LogP contribution >= 0.6 is 0 Å². The molecule has 27 heavy (non-hydrogen) atoms. The molecule has 0 radical (unpaired) electrons. The van der Waals surface area contributed by atoms with Crippen molar-refractivity contribution in [2.75, 3.05) is 13.1 Å². The quantitative estimate of drug-likeness (QED) is 0.661. The van der Waals surface area contributed by atoms with Crippen LogP contribution in [-0.4, -0.2) is 28.9 Å². The summed E-state index contributed by atoms with van der Waals surface area (Å²) in [6, 6.07) is 17.0. The number of carbonyl (C=O) groups is 1. The number of nitriles is 1. The van der Waals surface area contributed by atoms with Crippen molar-refractivity contribution in [1.82, 2.24) is 9.88 Å². The van der Waals surface area contributed by atoms with Crippen LogP contribution in [0.1, 0.15) is 35.8 Å². The van der Waals surface area contributed by atoms with Gasteiger partial charge in [-0.15, -0.1) is 0 Å². The van der Waals surface area contributed by atoms with E-state index in [9.17, 15) is 4.79 Å². The fourth-order valence-corrected chi connectivity index (χ4v) is 3.35. The van der Waals surface area contributed by atoms with Gasteiger partial charge >= 0.3 is 0 Å². The third kappa shape index (κ3) is 3.75. The lowest BCUT2D eigenvalue weighted by atomic mass is 9.96. The lowest BCUT2D eigenvalue weighted by molar-refractivity contribution is -0.127. The highest BCUT2D eigenvalue weighted by molar-refractivity contribution is 5.91. The predicted molar refractivity (Wildman–Crippen MR) is 103 cm³/mol. The molecule has 134 valence electrons. The van der Waals surface area contributed by atoms with Gasteiger partial charge in [0.15, 0.2) is 11.5 Å². The van der Waals surface area contributed by atoms with E-state index in [0.29, 0.717) is 18.7 Å². The van der Waals surface area contributed by atoms with E-state index in [0.717, 1.165) is 35.4 Å². The van der Waals surface area contributed by atoms with Crippen LogP contribution in [0.25, 0.3) is 17.2 Å². The van der Waals surface area contributed by atoms with Crippen LogP contribution in [-0.2, 0) is 4.79 Å². The second kappa shape index (κ2) is 7.46. The number of rotatable bonds is 3. The molecule has 0 aliphatic carbocycles. The number of piperidine rings is 1. The van der Waals surface area contributed by atoms with Gasteiger partial charge in [0, 0.05) is 25.1 Å². The first-order chi connectivity index (χ1) is 13.2. The molecule has 0 spiro atoms. The molecule has 0 saturated carbocycles. The highest BCUT2D eigenvalue weighted by Crippen LogP contribution is 2.30. The van der Waals surface area contributed by atoms with E-state index in [-0.39, 0.29) is 11.8 Å². The maximum absolute atomic E-state index is 12.4. The average Bonchev–Trinajstić information content (AvgIpc) is 3.17. The standard InChI is InChI=1S/C22H19N3O2/c23-15-17-7-5-16(6-8-17)9-10-21(26)25-13-11-18(12-14-25)22-24-19-3-1-2-4-20(19)27-22/h1-10,18H,11-14H2/b10-9+. The average molecular weight is 357 g/mol. The summed E-state index contributed by atoms with van der Waals surface area (Å²) in [5, 5.41) is 8.82. The maximum Gasteiger partial charge on any atom is 0.246 e. The summed E-state index contributed by atoms with van der Waals surface area (Å²) >= 11 is 0. The van der Waals surface area contributed by atoms with Gasteiger partial charge in [-0.05, 0) is 48.7 Å². The summed E-state index contributed by atoms with van der Waals surface area (Å²) in [5.41, 5.74) is 3.22. The van der Waals surface area contributed by atoms with Gasteiger partial charge in [-0.3, -0.25) is 4.79 Å². The Morgan fingerprint density at radius 1 is 1.15 bits per heavy atom. The number of fused-ring (bicyclic) bond motifs is 1. The number of para-hydroxylation sites is 2. The zero-order chi connectivity index (χ0) is 18.6. The molecule has 5 nitrogen and oxygen atoms in total. The molecule has 0 N–H and O–H groups in total. The smallest absolute Gasteiger partial charge is 0.246 e. The first-order valence-electron chi connectivity index (χ1n) is 9.05. The normalized spacial score (nSPS) is 15.3. The molecule has 2 aromatic carbocycles. The van der Waals surface area contributed by atoms with Crippen molar-refractivity contribution in [2.45, 2.75) is 18.8 Å². The molecule has 3 aromatic rings. The number of likely N-dealkylation sites (tertiary alicyclic amines) is 1. The third-order valence-electron chi connectivity index (χ3n) is 4.92. The zero-order valence-corrected chi connectivity index (χ0v) is 14.8. The molecule has 1 saturated heterocycles. The highest BCUT2D eigenvalue weighted by atomic mass is 16.3. The van der Waals surface area contributed by atoms with E-state index >= 15 is 0 Å². The molecule has 1 aliphatic rings. The fraction of sp³-hybridized carbons (Fsp3) is 0.227. The van der Waals surface area contributed by atoms with Crippen molar-refractivity contribution in [1.29, 1.82) is 5.26 Å². The molecular weight excluding hydrogens is 338 g/mol. The SMILES string of the molecule is N#Cc1ccc(/C=C/C(=O)N2CCC(c3nc4ccccc4o3)CC2)cc1. The summed E-state index contributed by atoms with van der Waals surface area (Å²) in [5.74, 6) is 1.04. The zero-order valence-electron chi connectivity index (χ0n) is 14.8. The van der Waals surface area contributed by atoms with Crippen molar-refractivity contribution >= 4 is 23.1 Å². The van der Waals surface area contributed by atoms with Gasteiger partial charge in [-0.1, -0.05) is 24.3 Å². The van der Waals surface area contributed by atoms with Crippen molar-refractivity contribution in [3.8, 4) is 6.07 Å².